The predicted molar refractivity (Wildman–Crippen MR) is 230 cm³/mol. The van der Waals surface area contributed by atoms with Gasteiger partial charge in [0.05, 0.1) is 22.1 Å². The highest BCUT2D eigenvalue weighted by Gasteiger charge is 2.21. The Hall–Kier alpha value is -6.64. The number of fused-ring (bicyclic) bond motifs is 7. The summed E-state index contributed by atoms with van der Waals surface area (Å²) in [6.07, 6.45) is 3.54. The molecule has 8 aromatic carbocycles. The van der Waals surface area contributed by atoms with Crippen LogP contribution in [0.3, 0.4) is 0 Å². The van der Waals surface area contributed by atoms with Gasteiger partial charge < -0.3 is 9.13 Å². The van der Waals surface area contributed by atoms with Crippen molar-refractivity contribution in [1.82, 2.24) is 9.13 Å². The van der Waals surface area contributed by atoms with Crippen LogP contribution in [-0.2, 0) is 6.42 Å². The summed E-state index contributed by atoms with van der Waals surface area (Å²) in [6.45, 7) is 2.26. The summed E-state index contributed by atoms with van der Waals surface area (Å²) in [7, 11) is 0. The molecule has 0 spiro atoms. The van der Waals surface area contributed by atoms with Crippen LogP contribution in [0.1, 0.15) is 25.3 Å². The van der Waals surface area contributed by atoms with Crippen LogP contribution in [0.4, 0.5) is 0 Å². The second kappa shape index (κ2) is 13.4. The molecule has 258 valence electrons. The molecule has 10 aromatic rings. The molecule has 0 saturated carbocycles. The average molecular weight is 693 g/mol. The third kappa shape index (κ3) is 5.42. The van der Waals surface area contributed by atoms with E-state index in [2.05, 4.69) is 204 Å². The molecule has 2 nitrogen and oxygen atoms in total. The van der Waals surface area contributed by atoms with Crippen molar-refractivity contribution < 1.29 is 0 Å². The van der Waals surface area contributed by atoms with E-state index in [0.29, 0.717) is 0 Å². The summed E-state index contributed by atoms with van der Waals surface area (Å²) in [5.74, 6) is 0. The highest BCUT2D eigenvalue weighted by Crippen LogP contribution is 2.42. The molecule has 0 aliphatic carbocycles. The quantitative estimate of drug-likeness (QED) is 0.150. The second-order valence-electron chi connectivity index (χ2n) is 14.4. The van der Waals surface area contributed by atoms with Crippen molar-refractivity contribution in [3.8, 4) is 44.8 Å². The minimum absolute atomic E-state index is 1.12. The lowest BCUT2D eigenvalue weighted by Gasteiger charge is -2.13. The molecule has 0 atom stereocenters. The Morgan fingerprint density at radius 1 is 0.370 bits per heavy atom. The van der Waals surface area contributed by atoms with Crippen LogP contribution in [0.15, 0.2) is 188 Å². The van der Waals surface area contributed by atoms with Crippen molar-refractivity contribution in [1.29, 1.82) is 0 Å². The SMILES string of the molecule is CCCCc1cccc(-c2cccc(-c3cccc(-n4c5ccccc5c5ccc6c(c7ccccc7n6-c6cccc(-c7ccccc7)c6)c54)c3)c2)c1. The monoisotopic (exact) mass is 692 g/mol. The number of aromatic nitrogens is 2. The number of unbranched alkanes of at least 4 members (excludes halogenated alkanes) is 1. The van der Waals surface area contributed by atoms with Crippen LogP contribution in [0.25, 0.3) is 88.4 Å². The predicted octanol–water partition coefficient (Wildman–Crippen LogP) is 14.2. The van der Waals surface area contributed by atoms with Gasteiger partial charge in [-0.3, -0.25) is 0 Å². The Bertz CT molecular complexity index is 2980. The van der Waals surface area contributed by atoms with Crippen LogP contribution < -0.4 is 0 Å². The fourth-order valence-corrected chi connectivity index (χ4v) is 8.50. The first-order valence-electron chi connectivity index (χ1n) is 19.2. The average Bonchev–Trinajstić information content (AvgIpc) is 3.76. The molecule has 2 heterocycles. The molecule has 0 fully saturated rings. The summed E-state index contributed by atoms with van der Waals surface area (Å²) in [5, 5.41) is 5.03. The van der Waals surface area contributed by atoms with Crippen molar-refractivity contribution >= 4 is 43.6 Å². The molecule has 2 heteroatoms. The number of para-hydroxylation sites is 2. The van der Waals surface area contributed by atoms with Crippen molar-refractivity contribution in [3.63, 3.8) is 0 Å². The highest BCUT2D eigenvalue weighted by atomic mass is 15.0. The number of rotatable bonds is 8. The molecule has 0 radical (unpaired) electrons. The zero-order valence-corrected chi connectivity index (χ0v) is 30.4. The molecule has 0 amide bonds. The third-order valence-electron chi connectivity index (χ3n) is 11.1. The largest absolute Gasteiger partial charge is 0.309 e. The van der Waals surface area contributed by atoms with Gasteiger partial charge in [-0.1, -0.05) is 153 Å². The maximum atomic E-state index is 2.49. The number of benzene rings is 8. The van der Waals surface area contributed by atoms with Crippen LogP contribution in [0.2, 0.25) is 0 Å². The maximum Gasteiger partial charge on any atom is 0.0641 e. The van der Waals surface area contributed by atoms with E-state index in [4.69, 9.17) is 0 Å². The molecule has 0 bridgehead atoms. The lowest BCUT2D eigenvalue weighted by molar-refractivity contribution is 0.795. The molecule has 0 N–H and O–H groups in total. The van der Waals surface area contributed by atoms with Gasteiger partial charge >= 0.3 is 0 Å². The fourth-order valence-electron chi connectivity index (χ4n) is 8.50. The topological polar surface area (TPSA) is 9.86 Å². The van der Waals surface area contributed by atoms with Gasteiger partial charge in [0, 0.05) is 32.9 Å². The number of hydrogen-bond donors (Lipinski definition) is 0. The van der Waals surface area contributed by atoms with E-state index in [-0.39, 0.29) is 0 Å². The Labute approximate surface area is 316 Å². The zero-order valence-electron chi connectivity index (χ0n) is 30.4. The van der Waals surface area contributed by atoms with E-state index < -0.39 is 0 Å². The zero-order chi connectivity index (χ0) is 36.0. The van der Waals surface area contributed by atoms with Crippen LogP contribution in [-0.4, -0.2) is 9.13 Å². The lowest BCUT2D eigenvalue weighted by Crippen LogP contribution is -1.96. The van der Waals surface area contributed by atoms with Crippen LogP contribution in [0.5, 0.6) is 0 Å². The van der Waals surface area contributed by atoms with E-state index in [1.807, 2.05) is 0 Å². The maximum absolute atomic E-state index is 2.49. The molecule has 0 aliphatic rings. The highest BCUT2D eigenvalue weighted by molar-refractivity contribution is 6.26. The molecular formula is C52H40N2. The molecule has 54 heavy (non-hydrogen) atoms. The van der Waals surface area contributed by atoms with Crippen molar-refractivity contribution in [2.24, 2.45) is 0 Å². The molecule has 2 aromatic heterocycles. The van der Waals surface area contributed by atoms with E-state index in [1.165, 1.54) is 95.4 Å². The standard InChI is InChI=1S/C52H40N2/c1-2-3-15-36-16-11-19-38(32-36)39-20-12-21-40(33-39)42-23-14-25-44(35-42)54-48-28-9-7-26-45(48)46-30-31-50-51(52(46)54)47-27-8-10-29-49(47)53(50)43-24-13-22-41(34-43)37-17-5-4-6-18-37/h4-14,16-35H,2-3,15H2,1H3. The normalized spacial score (nSPS) is 11.6. The fraction of sp³-hybridized carbons (Fsp3) is 0.0769. The van der Waals surface area contributed by atoms with Crippen molar-refractivity contribution in [2.75, 3.05) is 0 Å². The van der Waals surface area contributed by atoms with Crippen LogP contribution in [0, 0.1) is 0 Å². The number of aryl methyl sites for hydroxylation is 1. The molecule has 0 saturated heterocycles. The summed E-state index contributed by atoms with van der Waals surface area (Å²) >= 11 is 0. The van der Waals surface area contributed by atoms with E-state index >= 15 is 0 Å². The van der Waals surface area contributed by atoms with E-state index in [9.17, 15) is 0 Å². The Balaban J connectivity index is 1.18. The molecular weight excluding hydrogens is 653 g/mol. The van der Waals surface area contributed by atoms with Crippen molar-refractivity contribution in [3.05, 3.63) is 194 Å². The van der Waals surface area contributed by atoms with Crippen LogP contribution >= 0.6 is 0 Å². The summed E-state index contributed by atoms with van der Waals surface area (Å²) in [6, 6.07) is 69.1. The van der Waals surface area contributed by atoms with Gasteiger partial charge in [0.1, 0.15) is 0 Å². The molecule has 10 rings (SSSR count). The van der Waals surface area contributed by atoms with Gasteiger partial charge in [-0.15, -0.1) is 0 Å². The molecule has 0 unspecified atom stereocenters. The first-order chi connectivity index (χ1) is 26.7. The number of hydrogen-bond acceptors (Lipinski definition) is 0. The molecule has 0 aliphatic heterocycles. The minimum Gasteiger partial charge on any atom is -0.309 e. The Morgan fingerprint density at radius 3 is 1.63 bits per heavy atom. The van der Waals surface area contributed by atoms with Crippen molar-refractivity contribution in [2.45, 2.75) is 26.2 Å². The third-order valence-corrected chi connectivity index (χ3v) is 11.1. The van der Waals surface area contributed by atoms with E-state index in [1.54, 1.807) is 0 Å². The lowest BCUT2D eigenvalue weighted by atomic mass is 9.97. The summed E-state index contributed by atoms with van der Waals surface area (Å²) in [4.78, 5) is 0. The van der Waals surface area contributed by atoms with Gasteiger partial charge in [-0.05, 0) is 100 Å². The first kappa shape index (κ1) is 32.0. The van der Waals surface area contributed by atoms with Gasteiger partial charge in [0.15, 0.2) is 0 Å². The Morgan fingerprint density at radius 2 is 0.907 bits per heavy atom. The second-order valence-corrected chi connectivity index (χ2v) is 14.4. The minimum atomic E-state index is 1.12. The summed E-state index contributed by atoms with van der Waals surface area (Å²) in [5.41, 5.74) is 15.9. The smallest absolute Gasteiger partial charge is 0.0641 e. The Kier molecular flexibility index (Phi) is 7.95. The summed E-state index contributed by atoms with van der Waals surface area (Å²) < 4.78 is 4.94. The first-order valence-corrected chi connectivity index (χ1v) is 19.2. The van der Waals surface area contributed by atoms with Gasteiger partial charge in [-0.25, -0.2) is 0 Å². The van der Waals surface area contributed by atoms with Gasteiger partial charge in [0.2, 0.25) is 0 Å². The van der Waals surface area contributed by atoms with E-state index in [0.717, 1.165) is 17.8 Å². The van der Waals surface area contributed by atoms with Gasteiger partial charge in [0.25, 0.3) is 0 Å². The van der Waals surface area contributed by atoms with Gasteiger partial charge in [-0.2, -0.15) is 0 Å². The number of nitrogens with zero attached hydrogens (tertiary/aromatic N) is 2.